The second-order valence-corrected chi connectivity index (χ2v) is 12.2. The second-order valence-electron chi connectivity index (χ2n) is 8.46. The Balaban J connectivity index is 0.000000137. The number of sulfone groups is 1. The molecule has 0 radical (unpaired) electrons. The predicted molar refractivity (Wildman–Crippen MR) is 143 cm³/mol. The van der Waals surface area contributed by atoms with Crippen molar-refractivity contribution in [2.45, 2.75) is 42.9 Å². The molecule has 0 unspecified atom stereocenters. The lowest BCUT2D eigenvalue weighted by Crippen LogP contribution is -2.28. The van der Waals surface area contributed by atoms with Crippen LogP contribution in [-0.4, -0.2) is 73.1 Å². The Bertz CT molecular complexity index is 1350. The molecule has 4 aromatic heterocycles. The quantitative estimate of drug-likeness (QED) is 0.364. The van der Waals surface area contributed by atoms with Gasteiger partial charge in [0.2, 0.25) is 20.9 Å². The van der Waals surface area contributed by atoms with Gasteiger partial charge in [-0.1, -0.05) is 0 Å². The maximum atomic E-state index is 11.1. The summed E-state index contributed by atoms with van der Waals surface area (Å²) in [5, 5.41) is 9.14. The molecule has 13 heteroatoms. The third-order valence-corrected chi connectivity index (χ3v) is 8.05. The van der Waals surface area contributed by atoms with Gasteiger partial charge in [-0.25, -0.2) is 28.4 Å². The van der Waals surface area contributed by atoms with Crippen molar-refractivity contribution >= 4 is 58.9 Å². The maximum absolute atomic E-state index is 11.1. The Morgan fingerprint density at radius 3 is 2.00 bits per heavy atom. The van der Waals surface area contributed by atoms with Crippen molar-refractivity contribution in [1.82, 2.24) is 19.9 Å². The van der Waals surface area contributed by atoms with Crippen molar-refractivity contribution in [3.63, 3.8) is 0 Å². The van der Waals surface area contributed by atoms with E-state index >= 15 is 0 Å². The Hall–Kier alpha value is -2.29. The molecule has 2 aliphatic heterocycles. The molecule has 6 rings (SSSR count). The summed E-state index contributed by atoms with van der Waals surface area (Å²) in [6.45, 7) is 3.39. The molecule has 0 saturated carbocycles. The fourth-order valence-electron chi connectivity index (χ4n) is 3.49. The van der Waals surface area contributed by atoms with Crippen molar-refractivity contribution in [1.29, 1.82) is 0 Å². The van der Waals surface area contributed by atoms with Crippen LogP contribution in [0.25, 0.3) is 20.4 Å². The number of rotatable bonds is 3. The zero-order valence-corrected chi connectivity index (χ0v) is 22.4. The molecule has 0 aliphatic carbocycles. The number of aromatic nitrogens is 4. The number of thiophene rings is 2. The fourth-order valence-corrected chi connectivity index (χ4v) is 5.52. The minimum Gasteiger partial charge on any atom is -0.381 e. The third kappa shape index (κ3) is 7.85. The summed E-state index contributed by atoms with van der Waals surface area (Å²) in [6.07, 6.45) is 8.65. The van der Waals surface area contributed by atoms with Crippen LogP contribution >= 0.6 is 22.7 Å². The summed E-state index contributed by atoms with van der Waals surface area (Å²) in [4.78, 5) is 18.2. The molecule has 36 heavy (non-hydrogen) atoms. The minimum absolute atomic E-state index is 0.109. The first-order valence-electron chi connectivity index (χ1n) is 11.7. The van der Waals surface area contributed by atoms with E-state index in [0.29, 0.717) is 16.9 Å². The van der Waals surface area contributed by atoms with Crippen LogP contribution < -0.4 is 11.1 Å². The van der Waals surface area contributed by atoms with Gasteiger partial charge in [0.05, 0.1) is 0 Å². The monoisotopic (exact) mass is 550 g/mol. The average Bonchev–Trinajstić information content (AvgIpc) is 3.54. The molecule has 0 amide bonds. The number of hydrogen-bond acceptors (Lipinski definition) is 12. The molecule has 194 valence electrons. The number of anilines is 1. The first-order valence-corrected chi connectivity index (χ1v) is 15.3. The van der Waals surface area contributed by atoms with E-state index in [9.17, 15) is 8.42 Å². The molecule has 2 saturated heterocycles. The van der Waals surface area contributed by atoms with Crippen molar-refractivity contribution in [3.05, 3.63) is 35.3 Å². The van der Waals surface area contributed by atoms with Gasteiger partial charge >= 0.3 is 0 Å². The Morgan fingerprint density at radius 1 is 0.889 bits per heavy atom. The fraction of sp³-hybridized carbons (Fsp3) is 0.478. The van der Waals surface area contributed by atoms with Gasteiger partial charge in [-0.2, -0.15) is 0 Å². The minimum atomic E-state index is -3.29. The van der Waals surface area contributed by atoms with E-state index in [1.165, 1.54) is 17.5 Å². The van der Waals surface area contributed by atoms with Crippen LogP contribution in [0.4, 0.5) is 5.95 Å². The van der Waals surface area contributed by atoms with Crippen molar-refractivity contribution < 1.29 is 17.9 Å². The van der Waals surface area contributed by atoms with Gasteiger partial charge < -0.3 is 20.5 Å². The molecule has 10 nitrogen and oxygen atoms in total. The van der Waals surface area contributed by atoms with Gasteiger partial charge in [0.25, 0.3) is 0 Å². The number of ether oxygens (including phenoxy) is 2. The van der Waals surface area contributed by atoms with Crippen molar-refractivity contribution in [2.75, 3.05) is 38.0 Å². The van der Waals surface area contributed by atoms with Crippen LogP contribution in [0.3, 0.4) is 0 Å². The molecule has 4 aromatic rings. The highest BCUT2D eigenvalue weighted by Gasteiger charge is 2.14. The van der Waals surface area contributed by atoms with E-state index < -0.39 is 9.84 Å². The van der Waals surface area contributed by atoms with Gasteiger partial charge in [0.1, 0.15) is 9.66 Å². The van der Waals surface area contributed by atoms with E-state index in [-0.39, 0.29) is 5.16 Å². The summed E-state index contributed by atoms with van der Waals surface area (Å²) in [5.74, 6) is 0.738. The van der Waals surface area contributed by atoms with Gasteiger partial charge in [-0.3, -0.25) is 0 Å². The standard InChI is InChI=1S/C11H13N3OS.C7H6N2O2S2.C5H11NO/c1-4-15-5-2-9(1)13-11-12-7-8-3-6-16-10(8)14-11;1-13(10,11)7-8-4-5-2-3-12-6(5)9-7;6-5-1-3-7-4-2-5/h3,6-7,9H,1-2,4-5H2,(H,12,13,14);2-4H,1H3;5H,1-4,6H2. The summed E-state index contributed by atoms with van der Waals surface area (Å²) in [5.41, 5.74) is 5.55. The van der Waals surface area contributed by atoms with Gasteiger partial charge in [0.15, 0.2) is 0 Å². The van der Waals surface area contributed by atoms with E-state index in [1.807, 2.05) is 29.1 Å². The maximum Gasteiger partial charge on any atom is 0.248 e. The van der Waals surface area contributed by atoms with E-state index in [4.69, 9.17) is 15.2 Å². The van der Waals surface area contributed by atoms with E-state index in [1.54, 1.807) is 11.3 Å². The predicted octanol–water partition coefficient (Wildman–Crippen LogP) is 3.50. The number of nitrogens with two attached hydrogens (primary N) is 1. The molecule has 3 N–H and O–H groups in total. The summed E-state index contributed by atoms with van der Waals surface area (Å²) >= 11 is 3.05. The Morgan fingerprint density at radius 2 is 1.44 bits per heavy atom. The zero-order chi connectivity index (χ0) is 25.4. The SMILES string of the molecule is CS(=O)(=O)c1ncc2ccsc2n1.NC1CCOCC1.c1cc2cnc(NC3CCOCC3)nc2s1. The highest BCUT2D eigenvalue weighted by Crippen LogP contribution is 2.20. The molecule has 0 atom stereocenters. The molecule has 0 spiro atoms. The molecule has 0 aromatic carbocycles. The van der Waals surface area contributed by atoms with E-state index in [2.05, 4.69) is 25.3 Å². The first-order chi connectivity index (χ1) is 17.4. The van der Waals surface area contributed by atoms with Crippen LogP contribution in [0.1, 0.15) is 25.7 Å². The van der Waals surface area contributed by atoms with Crippen LogP contribution in [0.15, 0.2) is 40.4 Å². The van der Waals surface area contributed by atoms with E-state index in [0.717, 1.165) is 79.9 Å². The van der Waals surface area contributed by atoms with Crippen molar-refractivity contribution in [3.8, 4) is 0 Å². The Kier molecular flexibility index (Phi) is 9.51. The highest BCUT2D eigenvalue weighted by molar-refractivity contribution is 7.90. The largest absolute Gasteiger partial charge is 0.381 e. The number of fused-ring (bicyclic) bond motifs is 2. The molecular formula is C23H30N6O4S3. The molecule has 0 bridgehead atoms. The molecule has 2 fully saturated rings. The lowest BCUT2D eigenvalue weighted by Gasteiger charge is -2.22. The van der Waals surface area contributed by atoms with Crippen LogP contribution in [0.2, 0.25) is 0 Å². The van der Waals surface area contributed by atoms with Crippen LogP contribution in [-0.2, 0) is 19.3 Å². The normalized spacial score (nSPS) is 17.2. The van der Waals surface area contributed by atoms with Crippen LogP contribution in [0.5, 0.6) is 0 Å². The van der Waals surface area contributed by atoms with Gasteiger partial charge in [-0.05, 0) is 48.6 Å². The van der Waals surface area contributed by atoms with Gasteiger partial charge in [0, 0.05) is 67.9 Å². The topological polar surface area (TPSA) is 142 Å². The lowest BCUT2D eigenvalue weighted by molar-refractivity contribution is 0.0866. The number of nitrogens with one attached hydrogen (secondary N) is 1. The summed E-state index contributed by atoms with van der Waals surface area (Å²) in [6, 6.07) is 4.75. The van der Waals surface area contributed by atoms with Crippen LogP contribution in [0, 0.1) is 0 Å². The lowest BCUT2D eigenvalue weighted by atomic mass is 10.1. The van der Waals surface area contributed by atoms with Crippen molar-refractivity contribution in [2.24, 2.45) is 5.73 Å². The average molecular weight is 551 g/mol. The Labute approximate surface area is 218 Å². The van der Waals surface area contributed by atoms with Gasteiger partial charge in [-0.15, -0.1) is 22.7 Å². The smallest absolute Gasteiger partial charge is 0.248 e. The summed E-state index contributed by atoms with van der Waals surface area (Å²) < 4.78 is 32.5. The summed E-state index contributed by atoms with van der Waals surface area (Å²) in [7, 11) is -3.29. The third-order valence-electron chi connectivity index (χ3n) is 5.55. The number of nitrogens with zero attached hydrogens (tertiary/aromatic N) is 4. The molecule has 6 heterocycles. The second kappa shape index (κ2) is 12.8. The molecule has 2 aliphatic rings. The number of hydrogen-bond donors (Lipinski definition) is 2. The zero-order valence-electron chi connectivity index (χ0n) is 20.0. The first kappa shape index (κ1) is 26.8. The molecular weight excluding hydrogens is 520 g/mol. The highest BCUT2D eigenvalue weighted by atomic mass is 32.2.